The van der Waals surface area contributed by atoms with Crippen molar-refractivity contribution in [2.75, 3.05) is 27.4 Å². The van der Waals surface area contributed by atoms with Gasteiger partial charge in [0, 0.05) is 6.54 Å². The van der Waals surface area contributed by atoms with Crippen LogP contribution >= 0.6 is 34.4 Å². The van der Waals surface area contributed by atoms with Crippen LogP contribution in [-0.4, -0.2) is 60.4 Å². The van der Waals surface area contributed by atoms with E-state index in [2.05, 4.69) is 4.99 Å². The summed E-state index contributed by atoms with van der Waals surface area (Å²) in [5, 5.41) is 9.40. The fourth-order valence-electron chi connectivity index (χ4n) is 3.02. The average Bonchev–Trinajstić information content (AvgIpc) is 3.11. The van der Waals surface area contributed by atoms with Crippen LogP contribution in [0.15, 0.2) is 46.3 Å². The van der Waals surface area contributed by atoms with E-state index >= 15 is 0 Å². The van der Waals surface area contributed by atoms with Crippen molar-refractivity contribution in [1.82, 2.24) is 4.90 Å². The van der Waals surface area contributed by atoms with Gasteiger partial charge >= 0.3 is 11.9 Å². The quantitative estimate of drug-likeness (QED) is 0.275. The van der Waals surface area contributed by atoms with E-state index < -0.39 is 18.5 Å². The second kappa shape index (κ2) is 11.4. The first kappa shape index (κ1) is 25.6. The highest BCUT2D eigenvalue weighted by atomic mass is 127. The van der Waals surface area contributed by atoms with E-state index in [1.807, 2.05) is 29.5 Å². The van der Waals surface area contributed by atoms with Crippen molar-refractivity contribution in [3.8, 4) is 11.5 Å². The molecule has 0 radical (unpaired) electrons. The molecule has 1 aliphatic heterocycles. The summed E-state index contributed by atoms with van der Waals surface area (Å²) in [6.45, 7) is 1.80. The lowest BCUT2D eigenvalue weighted by Gasteiger charge is -2.12. The summed E-state index contributed by atoms with van der Waals surface area (Å²) in [4.78, 5) is 42.1. The summed E-state index contributed by atoms with van der Waals surface area (Å²) in [6.07, 6.45) is 1.73. The molecule has 1 N–H and O–H groups in total. The highest BCUT2D eigenvalue weighted by Gasteiger charge is 2.32. The van der Waals surface area contributed by atoms with Crippen LogP contribution in [0.2, 0.25) is 0 Å². The van der Waals surface area contributed by atoms with Crippen molar-refractivity contribution >= 4 is 69.1 Å². The molecular weight excluding hydrogens is 575 g/mol. The molecule has 34 heavy (non-hydrogen) atoms. The van der Waals surface area contributed by atoms with E-state index in [-0.39, 0.29) is 5.91 Å². The number of carbonyl (C=O) groups is 3. The second-order valence-corrected chi connectivity index (χ2v) is 8.98. The van der Waals surface area contributed by atoms with E-state index in [0.29, 0.717) is 48.5 Å². The third-order valence-corrected chi connectivity index (χ3v) is 6.41. The third-order valence-electron chi connectivity index (χ3n) is 4.61. The van der Waals surface area contributed by atoms with Gasteiger partial charge in [-0.1, -0.05) is 0 Å². The molecule has 1 heterocycles. The van der Waals surface area contributed by atoms with Gasteiger partial charge in [0.15, 0.2) is 23.3 Å². The summed E-state index contributed by atoms with van der Waals surface area (Å²) < 4.78 is 16.0. The minimum Gasteiger partial charge on any atom is -0.493 e. The molecule has 0 spiro atoms. The first-order valence-electron chi connectivity index (χ1n) is 9.98. The van der Waals surface area contributed by atoms with Crippen molar-refractivity contribution in [2.45, 2.75) is 6.92 Å². The van der Waals surface area contributed by atoms with Gasteiger partial charge in [-0.2, -0.15) is 0 Å². The average molecular weight is 596 g/mol. The van der Waals surface area contributed by atoms with Crippen molar-refractivity contribution in [2.24, 2.45) is 4.99 Å². The van der Waals surface area contributed by atoms with Gasteiger partial charge in [0.05, 0.1) is 33.9 Å². The lowest BCUT2D eigenvalue weighted by molar-refractivity contribution is -0.139. The number of thioether (sulfide) groups is 1. The van der Waals surface area contributed by atoms with Crippen LogP contribution in [-0.2, 0) is 14.3 Å². The van der Waals surface area contributed by atoms with Gasteiger partial charge < -0.3 is 19.3 Å². The number of benzene rings is 2. The Morgan fingerprint density at radius 3 is 2.50 bits per heavy atom. The van der Waals surface area contributed by atoms with E-state index in [0.717, 1.165) is 0 Å². The number of carboxylic acids is 1. The number of amidine groups is 1. The van der Waals surface area contributed by atoms with Crippen molar-refractivity contribution in [3.63, 3.8) is 0 Å². The monoisotopic (exact) mass is 596 g/mol. The molecule has 0 saturated carbocycles. The maximum Gasteiger partial charge on any atom is 0.341 e. The maximum absolute atomic E-state index is 13.0. The van der Waals surface area contributed by atoms with Crippen LogP contribution in [0, 0.1) is 3.57 Å². The van der Waals surface area contributed by atoms with Crippen LogP contribution in [0.5, 0.6) is 11.5 Å². The number of methoxy groups -OCH3 is 2. The zero-order valence-corrected chi connectivity index (χ0v) is 21.5. The SMILES string of the molecule is CCN1C(=O)/C(=C\c2cc(I)c(OCC(=O)O)c(OC)c2)SC1=Nc1ccc(C(=O)OC)cc1. The molecule has 1 amide bonds. The highest BCUT2D eigenvalue weighted by Crippen LogP contribution is 2.38. The van der Waals surface area contributed by atoms with Gasteiger partial charge in [0.1, 0.15) is 0 Å². The van der Waals surface area contributed by atoms with Crippen LogP contribution in [0.25, 0.3) is 6.08 Å². The number of hydrogen-bond donors (Lipinski definition) is 1. The molecule has 0 aromatic heterocycles. The fourth-order valence-corrected chi connectivity index (χ4v) is 4.86. The minimum absolute atomic E-state index is 0.183. The Kier molecular flexibility index (Phi) is 8.56. The summed E-state index contributed by atoms with van der Waals surface area (Å²) in [5.74, 6) is -1.02. The van der Waals surface area contributed by atoms with Crippen LogP contribution in [0.4, 0.5) is 5.69 Å². The van der Waals surface area contributed by atoms with Gasteiger partial charge in [-0.15, -0.1) is 0 Å². The molecule has 3 rings (SSSR count). The molecule has 2 aromatic carbocycles. The Balaban J connectivity index is 1.89. The number of aliphatic imine (C=N–C) groups is 1. The first-order valence-corrected chi connectivity index (χ1v) is 11.9. The molecule has 0 atom stereocenters. The van der Waals surface area contributed by atoms with Crippen molar-refractivity contribution in [3.05, 3.63) is 56.0 Å². The summed E-state index contributed by atoms with van der Waals surface area (Å²) in [6, 6.07) is 10.0. The molecule has 0 bridgehead atoms. The largest absolute Gasteiger partial charge is 0.493 e. The van der Waals surface area contributed by atoms with Crippen LogP contribution in [0.1, 0.15) is 22.8 Å². The molecule has 9 nitrogen and oxygen atoms in total. The van der Waals surface area contributed by atoms with E-state index in [1.54, 1.807) is 47.4 Å². The van der Waals surface area contributed by atoms with E-state index in [4.69, 9.17) is 19.3 Å². The topological polar surface area (TPSA) is 115 Å². The number of hydrogen-bond acceptors (Lipinski definition) is 8. The highest BCUT2D eigenvalue weighted by molar-refractivity contribution is 14.1. The van der Waals surface area contributed by atoms with Gasteiger partial charge in [0.25, 0.3) is 5.91 Å². The Bertz CT molecular complexity index is 1180. The summed E-state index contributed by atoms with van der Waals surface area (Å²) in [5.41, 5.74) is 1.70. The Labute approximate surface area is 213 Å². The lowest BCUT2D eigenvalue weighted by atomic mass is 10.2. The summed E-state index contributed by atoms with van der Waals surface area (Å²) >= 11 is 3.27. The minimum atomic E-state index is -1.09. The summed E-state index contributed by atoms with van der Waals surface area (Å²) in [7, 11) is 2.78. The normalized spacial score (nSPS) is 15.6. The number of ether oxygens (including phenoxy) is 3. The molecular formula is C23H21IN2O7S. The maximum atomic E-state index is 13.0. The van der Waals surface area contributed by atoms with E-state index in [9.17, 15) is 14.4 Å². The molecule has 178 valence electrons. The number of esters is 1. The van der Waals surface area contributed by atoms with Crippen LogP contribution in [0.3, 0.4) is 0 Å². The molecule has 2 aromatic rings. The van der Waals surface area contributed by atoms with Crippen molar-refractivity contribution < 1.29 is 33.7 Å². The zero-order chi connectivity index (χ0) is 24.8. The lowest BCUT2D eigenvalue weighted by Crippen LogP contribution is -2.28. The van der Waals surface area contributed by atoms with Crippen molar-refractivity contribution in [1.29, 1.82) is 0 Å². The first-order chi connectivity index (χ1) is 16.3. The van der Waals surface area contributed by atoms with Gasteiger partial charge in [-0.3, -0.25) is 9.69 Å². The molecule has 0 unspecified atom stereocenters. The smallest absolute Gasteiger partial charge is 0.341 e. The fraction of sp³-hybridized carbons (Fsp3) is 0.217. The number of aliphatic carboxylic acids is 1. The molecule has 1 aliphatic rings. The predicted octanol–water partition coefficient (Wildman–Crippen LogP) is 4.17. The molecule has 1 fully saturated rings. The van der Waals surface area contributed by atoms with Gasteiger partial charge in [-0.25, -0.2) is 14.6 Å². The number of carboxylic acid groups (broad SMARTS) is 1. The number of amides is 1. The predicted molar refractivity (Wildman–Crippen MR) is 137 cm³/mol. The van der Waals surface area contributed by atoms with E-state index in [1.165, 1.54) is 26.0 Å². The number of halogens is 1. The Hall–Kier alpha value is -3.06. The second-order valence-electron chi connectivity index (χ2n) is 6.81. The Morgan fingerprint density at radius 1 is 1.21 bits per heavy atom. The number of likely N-dealkylation sites (N-methyl/N-ethyl adjacent to an activating group) is 1. The van der Waals surface area contributed by atoms with Gasteiger partial charge in [0.2, 0.25) is 0 Å². The molecule has 0 aliphatic carbocycles. The Morgan fingerprint density at radius 2 is 1.91 bits per heavy atom. The molecule has 1 saturated heterocycles. The number of rotatable bonds is 8. The molecule has 11 heteroatoms. The third kappa shape index (κ3) is 5.89. The van der Waals surface area contributed by atoms with Gasteiger partial charge in [-0.05, 0) is 89.3 Å². The van der Waals surface area contributed by atoms with Crippen LogP contribution < -0.4 is 9.47 Å². The number of nitrogens with zero attached hydrogens (tertiary/aromatic N) is 2. The zero-order valence-electron chi connectivity index (χ0n) is 18.5. The standard InChI is InChI=1S/C23H21IN2O7S/c1-4-26-21(29)18(34-23(26)25-15-7-5-14(6-8-15)22(30)32-3)11-13-9-16(24)20(17(10-13)31-2)33-12-19(27)28/h5-11H,4,12H2,1-3H3,(H,27,28)/b18-11+,25-23?. The number of carbonyl (C=O) groups excluding carboxylic acids is 2.